The summed E-state index contributed by atoms with van der Waals surface area (Å²) >= 11 is 0. The van der Waals surface area contributed by atoms with Gasteiger partial charge in [0, 0.05) is 0 Å². The Kier molecular flexibility index (Phi) is 12.5. The highest BCUT2D eigenvalue weighted by Gasteiger charge is 2.22. The van der Waals surface area contributed by atoms with Crippen LogP contribution in [0.25, 0.3) is 16.7 Å². The Bertz CT molecular complexity index is 923. The Balaban J connectivity index is 1.20. The molecule has 0 N–H and O–H groups in total. The molecule has 0 heterocycles. The number of hydrogen-bond acceptors (Lipinski definition) is 0. The number of rotatable bonds is 15. The summed E-state index contributed by atoms with van der Waals surface area (Å²) in [6.45, 7) is 4.62. The zero-order chi connectivity index (χ0) is 26.4. The van der Waals surface area contributed by atoms with Crippen LogP contribution in [0.1, 0.15) is 153 Å². The number of unbranched alkanes of at least 4 members (excludes halogenated alkanes) is 8. The molecule has 0 heteroatoms. The number of allylic oxidation sites excluding steroid dienone is 2. The smallest absolute Gasteiger partial charge is 0.0162 e. The zero-order valence-electron chi connectivity index (χ0n) is 24.9. The van der Waals surface area contributed by atoms with E-state index in [2.05, 4.69) is 68.5 Å². The van der Waals surface area contributed by atoms with Crippen molar-refractivity contribution in [3.05, 3.63) is 65.7 Å². The molecular weight excluding hydrogens is 456 g/mol. The summed E-state index contributed by atoms with van der Waals surface area (Å²) in [6, 6.07) is 19.0. The SMILES string of the molecule is CCCCCCCCCC1CC=C(c2ccc(-c3ccc(C4CCC(CCCCC)CC4)cc3)cc2)CC1. The minimum absolute atomic E-state index is 0.779. The third-order valence-electron chi connectivity index (χ3n) is 9.77. The number of benzene rings is 2. The van der Waals surface area contributed by atoms with Crippen molar-refractivity contribution in [2.75, 3.05) is 0 Å². The Morgan fingerprint density at radius 2 is 1.05 bits per heavy atom. The van der Waals surface area contributed by atoms with Crippen LogP contribution >= 0.6 is 0 Å². The van der Waals surface area contributed by atoms with E-state index in [9.17, 15) is 0 Å². The van der Waals surface area contributed by atoms with E-state index in [1.807, 2.05) is 0 Å². The van der Waals surface area contributed by atoms with Gasteiger partial charge < -0.3 is 0 Å². The fourth-order valence-electron chi connectivity index (χ4n) is 7.09. The third-order valence-corrected chi connectivity index (χ3v) is 9.77. The van der Waals surface area contributed by atoms with Crippen LogP contribution in [-0.2, 0) is 0 Å². The van der Waals surface area contributed by atoms with Crippen molar-refractivity contribution >= 4 is 5.57 Å². The Morgan fingerprint density at radius 3 is 1.68 bits per heavy atom. The molecule has 1 fully saturated rings. The molecule has 0 spiro atoms. The molecule has 1 atom stereocenters. The van der Waals surface area contributed by atoms with Gasteiger partial charge in [-0.1, -0.05) is 146 Å². The van der Waals surface area contributed by atoms with Gasteiger partial charge in [0.25, 0.3) is 0 Å². The maximum atomic E-state index is 2.55. The van der Waals surface area contributed by atoms with Crippen LogP contribution < -0.4 is 0 Å². The van der Waals surface area contributed by atoms with E-state index in [1.54, 1.807) is 11.1 Å². The summed E-state index contributed by atoms with van der Waals surface area (Å²) in [7, 11) is 0. The molecule has 208 valence electrons. The lowest BCUT2D eigenvalue weighted by molar-refractivity contribution is 0.303. The zero-order valence-corrected chi connectivity index (χ0v) is 24.9. The molecule has 1 unspecified atom stereocenters. The van der Waals surface area contributed by atoms with E-state index in [0.29, 0.717) is 0 Å². The van der Waals surface area contributed by atoms with Gasteiger partial charge in [0.2, 0.25) is 0 Å². The molecule has 0 radical (unpaired) electrons. The fourth-order valence-corrected chi connectivity index (χ4v) is 7.09. The van der Waals surface area contributed by atoms with Gasteiger partial charge in [-0.05, 0) is 90.5 Å². The molecule has 2 aromatic rings. The molecule has 2 aliphatic carbocycles. The van der Waals surface area contributed by atoms with Gasteiger partial charge in [0.05, 0.1) is 0 Å². The van der Waals surface area contributed by atoms with E-state index in [4.69, 9.17) is 0 Å². The molecular formula is C38H56. The van der Waals surface area contributed by atoms with Crippen LogP contribution in [0.15, 0.2) is 54.6 Å². The molecule has 0 bridgehead atoms. The third kappa shape index (κ3) is 9.14. The first-order chi connectivity index (χ1) is 18.8. The largest absolute Gasteiger partial charge is 0.0804 e. The second-order valence-corrected chi connectivity index (χ2v) is 12.7. The van der Waals surface area contributed by atoms with Gasteiger partial charge in [-0.3, -0.25) is 0 Å². The monoisotopic (exact) mass is 512 g/mol. The van der Waals surface area contributed by atoms with Crippen molar-refractivity contribution in [2.24, 2.45) is 11.8 Å². The molecule has 2 aromatic carbocycles. The van der Waals surface area contributed by atoms with E-state index in [-0.39, 0.29) is 0 Å². The van der Waals surface area contributed by atoms with Crippen molar-refractivity contribution in [2.45, 2.75) is 142 Å². The quantitative estimate of drug-likeness (QED) is 0.208. The summed E-state index contributed by atoms with van der Waals surface area (Å²) in [6.07, 6.45) is 29.2. The highest BCUT2D eigenvalue weighted by atomic mass is 14.3. The van der Waals surface area contributed by atoms with Gasteiger partial charge >= 0.3 is 0 Å². The van der Waals surface area contributed by atoms with Crippen LogP contribution in [-0.4, -0.2) is 0 Å². The minimum Gasteiger partial charge on any atom is -0.0804 e. The first-order valence-electron chi connectivity index (χ1n) is 16.7. The van der Waals surface area contributed by atoms with E-state index in [1.165, 1.54) is 139 Å². The van der Waals surface area contributed by atoms with Gasteiger partial charge in [0.15, 0.2) is 0 Å². The average Bonchev–Trinajstić information content (AvgIpc) is 2.98. The standard InChI is InChI=1S/C38H56/c1-3-5-7-8-9-10-12-14-32-17-21-34(22-18-32)36-25-29-38(30-26-36)37-27-23-35(24-28-37)33-19-15-31(16-20-33)13-11-6-4-2/h21,23-33H,3-20,22H2,1-2H3. The molecule has 4 rings (SSSR count). The van der Waals surface area contributed by atoms with Crippen molar-refractivity contribution in [3.63, 3.8) is 0 Å². The Labute approximate surface area is 235 Å². The molecule has 0 saturated heterocycles. The molecule has 0 aromatic heterocycles. The van der Waals surface area contributed by atoms with Crippen molar-refractivity contribution in [1.29, 1.82) is 0 Å². The van der Waals surface area contributed by atoms with Crippen LogP contribution in [0.3, 0.4) is 0 Å². The van der Waals surface area contributed by atoms with E-state index in [0.717, 1.165) is 17.8 Å². The molecule has 2 aliphatic rings. The van der Waals surface area contributed by atoms with Crippen LogP contribution in [0.2, 0.25) is 0 Å². The fraction of sp³-hybridized carbons (Fsp3) is 0.632. The molecule has 0 nitrogen and oxygen atoms in total. The van der Waals surface area contributed by atoms with Crippen LogP contribution in [0, 0.1) is 11.8 Å². The van der Waals surface area contributed by atoms with Gasteiger partial charge in [-0.2, -0.15) is 0 Å². The van der Waals surface area contributed by atoms with E-state index >= 15 is 0 Å². The number of hydrogen-bond donors (Lipinski definition) is 0. The van der Waals surface area contributed by atoms with Crippen LogP contribution in [0.4, 0.5) is 0 Å². The summed E-state index contributed by atoms with van der Waals surface area (Å²) in [5.74, 6) is 2.69. The summed E-state index contributed by atoms with van der Waals surface area (Å²) in [4.78, 5) is 0. The maximum Gasteiger partial charge on any atom is -0.0162 e. The predicted octanol–water partition coefficient (Wildman–Crippen LogP) is 12.5. The summed E-state index contributed by atoms with van der Waals surface area (Å²) in [5, 5.41) is 0. The normalized spacial score (nSPS) is 21.8. The first kappa shape index (κ1) is 29.2. The average molecular weight is 513 g/mol. The molecule has 0 amide bonds. The van der Waals surface area contributed by atoms with Gasteiger partial charge in [0.1, 0.15) is 0 Å². The molecule has 0 aliphatic heterocycles. The second-order valence-electron chi connectivity index (χ2n) is 12.7. The Hall–Kier alpha value is -1.82. The molecule has 1 saturated carbocycles. The summed E-state index contributed by atoms with van der Waals surface area (Å²) < 4.78 is 0. The highest BCUT2D eigenvalue weighted by Crippen LogP contribution is 2.38. The Morgan fingerprint density at radius 1 is 0.526 bits per heavy atom. The van der Waals surface area contributed by atoms with Gasteiger partial charge in [-0.25, -0.2) is 0 Å². The lowest BCUT2D eigenvalue weighted by Crippen LogP contribution is -2.13. The van der Waals surface area contributed by atoms with Gasteiger partial charge in [-0.15, -0.1) is 0 Å². The summed E-state index contributed by atoms with van der Waals surface area (Å²) in [5.41, 5.74) is 7.30. The maximum absolute atomic E-state index is 2.55. The topological polar surface area (TPSA) is 0 Å². The van der Waals surface area contributed by atoms with E-state index < -0.39 is 0 Å². The van der Waals surface area contributed by atoms with Crippen molar-refractivity contribution in [3.8, 4) is 11.1 Å². The van der Waals surface area contributed by atoms with Crippen molar-refractivity contribution < 1.29 is 0 Å². The lowest BCUT2D eigenvalue weighted by atomic mass is 9.77. The predicted molar refractivity (Wildman–Crippen MR) is 169 cm³/mol. The second kappa shape index (κ2) is 16.3. The minimum atomic E-state index is 0.779. The van der Waals surface area contributed by atoms with Crippen LogP contribution in [0.5, 0.6) is 0 Å². The lowest BCUT2D eigenvalue weighted by Gasteiger charge is -2.29. The van der Waals surface area contributed by atoms with Crippen molar-refractivity contribution in [1.82, 2.24) is 0 Å². The highest BCUT2D eigenvalue weighted by molar-refractivity contribution is 5.71. The molecule has 38 heavy (non-hydrogen) atoms. The first-order valence-corrected chi connectivity index (χ1v) is 16.7.